The fraction of sp³-hybridized carbons (Fsp3) is 0.538. The van der Waals surface area contributed by atoms with Crippen LogP contribution >= 0.6 is 15.9 Å². The van der Waals surface area contributed by atoms with Crippen molar-refractivity contribution in [3.8, 4) is 0 Å². The lowest BCUT2D eigenvalue weighted by molar-refractivity contribution is 0.210. The summed E-state index contributed by atoms with van der Waals surface area (Å²) in [7, 11) is 2.19. The second-order valence-electron chi connectivity index (χ2n) is 4.61. The van der Waals surface area contributed by atoms with E-state index in [-0.39, 0.29) is 0 Å². The number of nitrogens with zero attached hydrogens (tertiary/aromatic N) is 2. The fourth-order valence-corrected chi connectivity index (χ4v) is 2.91. The lowest BCUT2D eigenvalue weighted by Gasteiger charge is -2.41. The first-order valence-corrected chi connectivity index (χ1v) is 6.91. The molecular formula is C13H20BrN3. The summed E-state index contributed by atoms with van der Waals surface area (Å²) in [5, 5.41) is 0. The van der Waals surface area contributed by atoms with E-state index in [0.717, 1.165) is 32.6 Å². The molecular weight excluding hydrogens is 278 g/mol. The van der Waals surface area contributed by atoms with Crippen LogP contribution in [0.4, 0.5) is 5.69 Å². The zero-order chi connectivity index (χ0) is 12.3. The highest BCUT2D eigenvalue weighted by atomic mass is 79.9. The van der Waals surface area contributed by atoms with E-state index >= 15 is 0 Å². The summed E-state index contributed by atoms with van der Waals surface area (Å²) >= 11 is 3.63. The predicted octanol–water partition coefficient (Wildman–Crippen LogP) is 1.92. The Kier molecular flexibility index (Phi) is 4.42. The quantitative estimate of drug-likeness (QED) is 0.925. The van der Waals surface area contributed by atoms with Gasteiger partial charge in [-0.2, -0.15) is 0 Å². The third-order valence-corrected chi connectivity index (χ3v) is 4.14. The summed E-state index contributed by atoms with van der Waals surface area (Å²) in [5.41, 5.74) is 6.98. The van der Waals surface area contributed by atoms with Crippen LogP contribution in [-0.4, -0.2) is 44.2 Å². The minimum atomic E-state index is 0.570. The standard InChI is InChI=1S/C13H20BrN3/c1-16-8-9-17(10-11(16)6-7-15)13-5-3-2-4-12(13)14/h2-5,11H,6-10,15H2,1H3. The van der Waals surface area contributed by atoms with Crippen molar-refractivity contribution in [2.24, 2.45) is 5.73 Å². The third-order valence-electron chi connectivity index (χ3n) is 3.47. The Labute approximate surface area is 112 Å². The number of anilines is 1. The van der Waals surface area contributed by atoms with Crippen molar-refractivity contribution < 1.29 is 0 Å². The fourth-order valence-electron chi connectivity index (χ4n) is 2.38. The van der Waals surface area contributed by atoms with Crippen LogP contribution in [0.25, 0.3) is 0 Å². The molecule has 1 atom stereocenters. The molecule has 2 rings (SSSR count). The molecule has 0 aliphatic carbocycles. The van der Waals surface area contributed by atoms with Crippen molar-refractivity contribution in [1.29, 1.82) is 0 Å². The number of benzene rings is 1. The largest absolute Gasteiger partial charge is 0.368 e. The van der Waals surface area contributed by atoms with Crippen LogP contribution in [0.5, 0.6) is 0 Å². The number of likely N-dealkylation sites (N-methyl/N-ethyl adjacent to an activating group) is 1. The molecule has 1 aliphatic heterocycles. The van der Waals surface area contributed by atoms with Crippen LogP contribution in [0.1, 0.15) is 6.42 Å². The second-order valence-corrected chi connectivity index (χ2v) is 5.46. The second kappa shape index (κ2) is 5.85. The van der Waals surface area contributed by atoms with E-state index in [1.54, 1.807) is 0 Å². The topological polar surface area (TPSA) is 32.5 Å². The first-order chi connectivity index (χ1) is 8.22. The maximum atomic E-state index is 5.68. The summed E-state index contributed by atoms with van der Waals surface area (Å²) in [4.78, 5) is 4.87. The number of rotatable bonds is 3. The monoisotopic (exact) mass is 297 g/mol. The summed E-state index contributed by atoms with van der Waals surface area (Å²) in [6.07, 6.45) is 1.07. The van der Waals surface area contributed by atoms with Gasteiger partial charge in [-0.3, -0.25) is 4.90 Å². The summed E-state index contributed by atoms with van der Waals surface area (Å²) in [5.74, 6) is 0. The number of nitrogens with two attached hydrogens (primary N) is 1. The van der Waals surface area contributed by atoms with E-state index < -0.39 is 0 Å². The molecule has 1 aromatic carbocycles. The highest BCUT2D eigenvalue weighted by Gasteiger charge is 2.24. The normalized spacial score (nSPS) is 21.8. The Bertz CT molecular complexity index is 369. The van der Waals surface area contributed by atoms with E-state index in [0.29, 0.717) is 6.04 Å². The summed E-state index contributed by atoms with van der Waals surface area (Å²) in [6.45, 7) is 4.02. The number of piperazine rings is 1. The Balaban J connectivity index is 2.10. The van der Waals surface area contributed by atoms with Gasteiger partial charge in [0, 0.05) is 30.1 Å². The molecule has 3 nitrogen and oxygen atoms in total. The Morgan fingerprint density at radius 3 is 2.82 bits per heavy atom. The minimum absolute atomic E-state index is 0.570. The lowest BCUT2D eigenvalue weighted by atomic mass is 10.1. The Morgan fingerprint density at radius 1 is 1.35 bits per heavy atom. The number of hydrogen-bond acceptors (Lipinski definition) is 3. The van der Waals surface area contributed by atoms with Gasteiger partial charge in [0.1, 0.15) is 0 Å². The first kappa shape index (κ1) is 12.9. The summed E-state index contributed by atoms with van der Waals surface area (Å²) in [6, 6.07) is 9.00. The average molecular weight is 298 g/mol. The molecule has 0 radical (unpaired) electrons. The van der Waals surface area contributed by atoms with E-state index in [4.69, 9.17) is 5.73 Å². The van der Waals surface area contributed by atoms with Gasteiger partial charge in [0.05, 0.1) is 5.69 Å². The molecule has 17 heavy (non-hydrogen) atoms. The smallest absolute Gasteiger partial charge is 0.0511 e. The van der Waals surface area contributed by atoms with Crippen LogP contribution in [0.2, 0.25) is 0 Å². The zero-order valence-corrected chi connectivity index (χ0v) is 11.9. The van der Waals surface area contributed by atoms with Crippen molar-refractivity contribution in [2.75, 3.05) is 38.1 Å². The van der Waals surface area contributed by atoms with Gasteiger partial charge in [0.15, 0.2) is 0 Å². The van der Waals surface area contributed by atoms with E-state index in [1.165, 1.54) is 10.2 Å². The third kappa shape index (κ3) is 3.00. The SMILES string of the molecule is CN1CCN(c2ccccc2Br)CC1CCN. The Morgan fingerprint density at radius 2 is 2.12 bits per heavy atom. The zero-order valence-electron chi connectivity index (χ0n) is 10.3. The maximum Gasteiger partial charge on any atom is 0.0511 e. The van der Waals surface area contributed by atoms with Crippen LogP contribution in [0.3, 0.4) is 0 Å². The molecule has 0 spiro atoms. The molecule has 1 heterocycles. The van der Waals surface area contributed by atoms with Crippen molar-refractivity contribution in [2.45, 2.75) is 12.5 Å². The highest BCUT2D eigenvalue weighted by molar-refractivity contribution is 9.10. The number of halogens is 1. The van der Waals surface area contributed by atoms with E-state index in [2.05, 4.69) is 57.0 Å². The van der Waals surface area contributed by atoms with Gasteiger partial charge in [-0.1, -0.05) is 12.1 Å². The van der Waals surface area contributed by atoms with E-state index in [1.807, 2.05) is 0 Å². The number of para-hydroxylation sites is 1. The molecule has 0 aromatic heterocycles. The van der Waals surface area contributed by atoms with Gasteiger partial charge >= 0.3 is 0 Å². The van der Waals surface area contributed by atoms with Gasteiger partial charge in [0.25, 0.3) is 0 Å². The molecule has 0 bridgehead atoms. The Hall–Kier alpha value is -0.580. The molecule has 1 fully saturated rings. The van der Waals surface area contributed by atoms with Crippen LogP contribution in [-0.2, 0) is 0 Å². The average Bonchev–Trinajstić information content (AvgIpc) is 2.33. The van der Waals surface area contributed by atoms with Crippen LogP contribution in [0, 0.1) is 0 Å². The molecule has 94 valence electrons. The molecule has 0 saturated carbocycles. The van der Waals surface area contributed by atoms with Gasteiger partial charge in [-0.15, -0.1) is 0 Å². The summed E-state index contributed by atoms with van der Waals surface area (Å²) < 4.78 is 1.18. The minimum Gasteiger partial charge on any atom is -0.368 e. The number of hydrogen-bond donors (Lipinski definition) is 1. The maximum absolute atomic E-state index is 5.68. The lowest BCUT2D eigenvalue weighted by Crippen LogP contribution is -2.52. The highest BCUT2D eigenvalue weighted by Crippen LogP contribution is 2.27. The van der Waals surface area contributed by atoms with Crippen molar-refractivity contribution >= 4 is 21.6 Å². The molecule has 0 amide bonds. The van der Waals surface area contributed by atoms with Crippen LogP contribution < -0.4 is 10.6 Å². The molecule has 1 aromatic rings. The molecule has 1 aliphatic rings. The van der Waals surface area contributed by atoms with Gasteiger partial charge < -0.3 is 10.6 Å². The molecule has 1 unspecified atom stereocenters. The first-order valence-electron chi connectivity index (χ1n) is 6.12. The molecule has 1 saturated heterocycles. The predicted molar refractivity (Wildman–Crippen MR) is 76.4 cm³/mol. The van der Waals surface area contributed by atoms with E-state index in [9.17, 15) is 0 Å². The van der Waals surface area contributed by atoms with Gasteiger partial charge in [-0.05, 0) is 48.1 Å². The molecule has 2 N–H and O–H groups in total. The van der Waals surface area contributed by atoms with Crippen molar-refractivity contribution in [1.82, 2.24) is 4.90 Å². The van der Waals surface area contributed by atoms with Crippen LogP contribution in [0.15, 0.2) is 28.7 Å². The van der Waals surface area contributed by atoms with Crippen molar-refractivity contribution in [3.63, 3.8) is 0 Å². The van der Waals surface area contributed by atoms with Gasteiger partial charge in [-0.25, -0.2) is 0 Å². The molecule has 4 heteroatoms. The van der Waals surface area contributed by atoms with Gasteiger partial charge in [0.2, 0.25) is 0 Å². The van der Waals surface area contributed by atoms with Crippen molar-refractivity contribution in [3.05, 3.63) is 28.7 Å².